The molecule has 0 heterocycles. The number of hydrogen-bond donors (Lipinski definition) is 1. The lowest BCUT2D eigenvalue weighted by molar-refractivity contribution is 0.327. The van der Waals surface area contributed by atoms with Crippen molar-refractivity contribution in [3.63, 3.8) is 0 Å². The fourth-order valence-electron chi connectivity index (χ4n) is 2.56. The van der Waals surface area contributed by atoms with Gasteiger partial charge in [-0.1, -0.05) is 44.4 Å². The maximum Gasteiger partial charge on any atom is 0.0342 e. The lowest BCUT2D eigenvalue weighted by Crippen LogP contribution is -2.26. The van der Waals surface area contributed by atoms with Crippen LogP contribution in [-0.4, -0.2) is 6.04 Å². The molecule has 0 aromatic heterocycles. The summed E-state index contributed by atoms with van der Waals surface area (Å²) in [6.45, 7) is 2.32. The van der Waals surface area contributed by atoms with E-state index in [1.165, 1.54) is 37.8 Å². The molecule has 0 amide bonds. The zero-order valence-electron chi connectivity index (χ0n) is 9.58. The van der Waals surface area contributed by atoms with Crippen LogP contribution in [-0.2, 0) is 0 Å². The number of hydrogen-bond acceptors (Lipinski definition) is 1. The Morgan fingerprint density at radius 1 is 1.20 bits per heavy atom. The second-order valence-electron chi connectivity index (χ2n) is 4.65. The van der Waals surface area contributed by atoms with Gasteiger partial charge in [-0.2, -0.15) is 0 Å². The van der Waals surface area contributed by atoms with Crippen LogP contribution >= 0.6 is 0 Å². The van der Waals surface area contributed by atoms with Gasteiger partial charge < -0.3 is 5.32 Å². The molecular formula is C14H21N. The van der Waals surface area contributed by atoms with Gasteiger partial charge in [0.05, 0.1) is 0 Å². The molecule has 1 heteroatoms. The van der Waals surface area contributed by atoms with Crippen molar-refractivity contribution < 1.29 is 0 Å². The summed E-state index contributed by atoms with van der Waals surface area (Å²) < 4.78 is 0. The minimum absolute atomic E-state index is 0.700. The Labute approximate surface area is 92.9 Å². The van der Waals surface area contributed by atoms with Crippen molar-refractivity contribution in [3.8, 4) is 0 Å². The zero-order valence-corrected chi connectivity index (χ0v) is 9.58. The average molecular weight is 203 g/mol. The first-order valence-electron chi connectivity index (χ1n) is 6.20. The minimum Gasteiger partial charge on any atom is -0.382 e. The third kappa shape index (κ3) is 2.98. The lowest BCUT2D eigenvalue weighted by atomic mass is 9.84. The maximum atomic E-state index is 3.65. The summed E-state index contributed by atoms with van der Waals surface area (Å²) in [6, 6.07) is 11.3. The molecule has 1 aromatic carbocycles. The highest BCUT2D eigenvalue weighted by molar-refractivity contribution is 5.43. The van der Waals surface area contributed by atoms with Gasteiger partial charge >= 0.3 is 0 Å². The highest BCUT2D eigenvalue weighted by Gasteiger charge is 2.20. The first-order valence-corrected chi connectivity index (χ1v) is 6.20. The molecule has 2 atom stereocenters. The SMILES string of the molecule is CCC1CCCC(Nc2ccccc2)C1. The van der Waals surface area contributed by atoms with Crippen molar-refractivity contribution in [1.29, 1.82) is 0 Å². The van der Waals surface area contributed by atoms with E-state index in [4.69, 9.17) is 0 Å². The van der Waals surface area contributed by atoms with Crippen LogP contribution in [0.15, 0.2) is 30.3 Å². The maximum absolute atomic E-state index is 3.65. The van der Waals surface area contributed by atoms with Gasteiger partial charge in [-0.3, -0.25) is 0 Å². The van der Waals surface area contributed by atoms with Gasteiger partial charge in [0.1, 0.15) is 0 Å². The van der Waals surface area contributed by atoms with E-state index < -0.39 is 0 Å². The smallest absolute Gasteiger partial charge is 0.0342 e. The summed E-state index contributed by atoms with van der Waals surface area (Å²) in [6.07, 6.45) is 6.86. The Hall–Kier alpha value is -0.980. The van der Waals surface area contributed by atoms with E-state index >= 15 is 0 Å². The van der Waals surface area contributed by atoms with Crippen LogP contribution < -0.4 is 5.32 Å². The second kappa shape index (κ2) is 5.20. The number of para-hydroxylation sites is 1. The Kier molecular flexibility index (Phi) is 3.65. The van der Waals surface area contributed by atoms with Crippen molar-refractivity contribution >= 4 is 5.69 Å². The molecule has 0 bridgehead atoms. The van der Waals surface area contributed by atoms with Gasteiger partial charge in [-0.05, 0) is 30.9 Å². The molecule has 1 aliphatic rings. The molecule has 0 saturated heterocycles. The van der Waals surface area contributed by atoms with Crippen molar-refractivity contribution in [2.75, 3.05) is 5.32 Å². The van der Waals surface area contributed by atoms with E-state index in [0.29, 0.717) is 6.04 Å². The molecule has 2 rings (SSSR count). The first-order chi connectivity index (χ1) is 7.38. The van der Waals surface area contributed by atoms with Crippen LogP contribution in [0.25, 0.3) is 0 Å². The molecule has 0 aliphatic heterocycles. The van der Waals surface area contributed by atoms with Crippen molar-refractivity contribution in [1.82, 2.24) is 0 Å². The fourth-order valence-corrected chi connectivity index (χ4v) is 2.56. The molecule has 1 aromatic rings. The lowest BCUT2D eigenvalue weighted by Gasteiger charge is -2.29. The first kappa shape index (κ1) is 10.5. The number of benzene rings is 1. The van der Waals surface area contributed by atoms with E-state index in [1.807, 2.05) is 0 Å². The number of anilines is 1. The van der Waals surface area contributed by atoms with Crippen LogP contribution in [0, 0.1) is 5.92 Å². The van der Waals surface area contributed by atoms with Crippen LogP contribution in [0.2, 0.25) is 0 Å². The van der Waals surface area contributed by atoms with Gasteiger partial charge in [0.25, 0.3) is 0 Å². The Balaban J connectivity index is 1.89. The second-order valence-corrected chi connectivity index (χ2v) is 4.65. The van der Waals surface area contributed by atoms with E-state index in [1.54, 1.807) is 0 Å². The molecule has 1 fully saturated rings. The topological polar surface area (TPSA) is 12.0 Å². The largest absolute Gasteiger partial charge is 0.382 e. The van der Waals surface area contributed by atoms with Gasteiger partial charge in [-0.15, -0.1) is 0 Å². The normalized spacial score (nSPS) is 26.2. The summed E-state index contributed by atoms with van der Waals surface area (Å²) in [4.78, 5) is 0. The fraction of sp³-hybridized carbons (Fsp3) is 0.571. The Morgan fingerprint density at radius 2 is 2.00 bits per heavy atom. The summed E-state index contributed by atoms with van der Waals surface area (Å²) >= 11 is 0. The summed E-state index contributed by atoms with van der Waals surface area (Å²) in [5.41, 5.74) is 1.28. The standard InChI is InChI=1S/C14H21N/c1-2-12-7-6-10-14(11-12)15-13-8-4-3-5-9-13/h3-5,8-9,12,14-15H,2,6-7,10-11H2,1H3. The molecule has 2 unspecified atom stereocenters. The quantitative estimate of drug-likeness (QED) is 0.781. The summed E-state index contributed by atoms with van der Waals surface area (Å²) in [7, 11) is 0. The molecule has 0 spiro atoms. The van der Waals surface area contributed by atoms with Crippen LogP contribution in [0.1, 0.15) is 39.0 Å². The molecule has 1 N–H and O–H groups in total. The van der Waals surface area contributed by atoms with Crippen LogP contribution in [0.4, 0.5) is 5.69 Å². The molecular weight excluding hydrogens is 182 g/mol. The van der Waals surface area contributed by atoms with Gasteiger partial charge in [-0.25, -0.2) is 0 Å². The van der Waals surface area contributed by atoms with Crippen LogP contribution in [0.3, 0.4) is 0 Å². The van der Waals surface area contributed by atoms with E-state index in [2.05, 4.69) is 42.6 Å². The Morgan fingerprint density at radius 3 is 2.73 bits per heavy atom. The highest BCUT2D eigenvalue weighted by atomic mass is 14.9. The molecule has 1 nitrogen and oxygen atoms in total. The summed E-state index contributed by atoms with van der Waals surface area (Å²) in [5.74, 6) is 0.944. The van der Waals surface area contributed by atoms with E-state index in [9.17, 15) is 0 Å². The minimum atomic E-state index is 0.700. The number of nitrogens with one attached hydrogen (secondary N) is 1. The third-order valence-corrected chi connectivity index (χ3v) is 3.50. The summed E-state index contributed by atoms with van der Waals surface area (Å²) in [5, 5.41) is 3.65. The highest BCUT2D eigenvalue weighted by Crippen LogP contribution is 2.28. The third-order valence-electron chi connectivity index (χ3n) is 3.50. The molecule has 1 saturated carbocycles. The molecule has 82 valence electrons. The molecule has 0 radical (unpaired) electrons. The predicted octanol–water partition coefficient (Wildman–Crippen LogP) is 4.07. The van der Waals surface area contributed by atoms with Gasteiger partial charge in [0.15, 0.2) is 0 Å². The molecule has 1 aliphatic carbocycles. The van der Waals surface area contributed by atoms with E-state index in [-0.39, 0.29) is 0 Å². The van der Waals surface area contributed by atoms with Crippen molar-refractivity contribution in [3.05, 3.63) is 30.3 Å². The zero-order chi connectivity index (χ0) is 10.5. The van der Waals surface area contributed by atoms with Crippen LogP contribution in [0.5, 0.6) is 0 Å². The van der Waals surface area contributed by atoms with Gasteiger partial charge in [0.2, 0.25) is 0 Å². The van der Waals surface area contributed by atoms with Crippen molar-refractivity contribution in [2.24, 2.45) is 5.92 Å². The number of rotatable bonds is 3. The van der Waals surface area contributed by atoms with E-state index in [0.717, 1.165) is 5.92 Å². The Bertz CT molecular complexity index is 281. The average Bonchev–Trinajstić information content (AvgIpc) is 2.31. The monoisotopic (exact) mass is 203 g/mol. The van der Waals surface area contributed by atoms with Gasteiger partial charge in [0, 0.05) is 11.7 Å². The van der Waals surface area contributed by atoms with Crippen molar-refractivity contribution in [2.45, 2.75) is 45.1 Å². The predicted molar refractivity (Wildman–Crippen MR) is 66.1 cm³/mol. The molecule has 15 heavy (non-hydrogen) atoms.